The molecule has 5 nitrogen and oxygen atoms in total. The molecule has 2 atom stereocenters. The summed E-state index contributed by atoms with van der Waals surface area (Å²) >= 11 is 0. The molecule has 1 aromatic rings. The Bertz CT molecular complexity index is 562. The van der Waals surface area contributed by atoms with E-state index in [4.69, 9.17) is 9.47 Å². The maximum atomic E-state index is 12.8. The average Bonchev–Trinajstić information content (AvgIpc) is 2.56. The van der Waals surface area contributed by atoms with Crippen molar-refractivity contribution in [1.82, 2.24) is 4.98 Å². The number of hydrogen-bond acceptors (Lipinski definition) is 4. The zero-order chi connectivity index (χ0) is 17.6. The minimum Gasteiger partial charge on any atom is -0.477 e. The van der Waals surface area contributed by atoms with Crippen molar-refractivity contribution in [2.24, 2.45) is 5.92 Å². The van der Waals surface area contributed by atoms with Gasteiger partial charge >= 0.3 is 0 Å². The van der Waals surface area contributed by atoms with Crippen molar-refractivity contribution in [3.8, 4) is 5.88 Å². The van der Waals surface area contributed by atoms with Gasteiger partial charge in [0.15, 0.2) is 0 Å². The molecule has 1 fully saturated rings. The molecule has 0 aliphatic heterocycles. The minimum absolute atomic E-state index is 0.0719. The Morgan fingerprint density at radius 1 is 1.50 bits per heavy atom. The predicted octanol–water partition coefficient (Wildman–Crippen LogP) is 4.10. The second kappa shape index (κ2) is 8.47. The van der Waals surface area contributed by atoms with Gasteiger partial charge in [0.25, 0.3) is 5.91 Å². The van der Waals surface area contributed by atoms with Crippen LogP contribution in [0.3, 0.4) is 0 Å². The van der Waals surface area contributed by atoms with Crippen LogP contribution in [0.5, 0.6) is 5.88 Å². The largest absolute Gasteiger partial charge is 0.477 e. The number of aryl methyl sites for hydroxylation is 1. The lowest BCUT2D eigenvalue weighted by molar-refractivity contribution is -0.143. The maximum absolute atomic E-state index is 12.8. The molecule has 0 aromatic carbocycles. The van der Waals surface area contributed by atoms with Gasteiger partial charge in [-0.3, -0.25) is 4.79 Å². The van der Waals surface area contributed by atoms with E-state index in [2.05, 4.69) is 24.1 Å². The van der Waals surface area contributed by atoms with Crippen LogP contribution in [0.1, 0.15) is 57.9 Å². The van der Waals surface area contributed by atoms with Crippen molar-refractivity contribution < 1.29 is 14.3 Å². The Morgan fingerprint density at radius 2 is 2.29 bits per heavy atom. The summed E-state index contributed by atoms with van der Waals surface area (Å²) in [5.74, 6) is 1.06. The minimum atomic E-state index is -0.720. The molecule has 0 spiro atoms. The van der Waals surface area contributed by atoms with Crippen molar-refractivity contribution in [1.29, 1.82) is 0 Å². The number of anilines is 1. The lowest BCUT2D eigenvalue weighted by atomic mass is 9.78. The lowest BCUT2D eigenvalue weighted by Gasteiger charge is -2.37. The summed E-state index contributed by atoms with van der Waals surface area (Å²) in [7, 11) is 1.63. The van der Waals surface area contributed by atoms with Crippen LogP contribution in [-0.2, 0) is 9.53 Å². The first-order valence-electron chi connectivity index (χ1n) is 8.97. The van der Waals surface area contributed by atoms with Crippen LogP contribution in [0.15, 0.2) is 12.3 Å². The third kappa shape index (κ3) is 4.47. The molecule has 1 heterocycles. The number of methoxy groups -OCH3 is 1. The zero-order valence-corrected chi connectivity index (χ0v) is 15.4. The van der Waals surface area contributed by atoms with Gasteiger partial charge in [-0.05, 0) is 44.6 Å². The van der Waals surface area contributed by atoms with Crippen LogP contribution in [0.4, 0.5) is 5.69 Å². The number of pyridine rings is 1. The molecule has 134 valence electrons. The fraction of sp³-hybridized carbons (Fsp3) is 0.684. The van der Waals surface area contributed by atoms with Gasteiger partial charge in [-0.25, -0.2) is 4.98 Å². The van der Waals surface area contributed by atoms with Crippen LogP contribution in [-0.4, -0.2) is 30.2 Å². The van der Waals surface area contributed by atoms with E-state index in [1.807, 2.05) is 13.0 Å². The van der Waals surface area contributed by atoms with E-state index in [9.17, 15) is 4.79 Å². The van der Waals surface area contributed by atoms with Gasteiger partial charge in [-0.1, -0.05) is 26.7 Å². The van der Waals surface area contributed by atoms with Crippen LogP contribution in [0.25, 0.3) is 0 Å². The summed E-state index contributed by atoms with van der Waals surface area (Å²) in [6, 6.07) is 1.90. The third-order valence-corrected chi connectivity index (χ3v) is 4.79. The highest BCUT2D eigenvalue weighted by atomic mass is 16.5. The molecule has 0 radical (unpaired) electrons. The van der Waals surface area contributed by atoms with Crippen molar-refractivity contribution >= 4 is 11.6 Å². The monoisotopic (exact) mass is 334 g/mol. The third-order valence-electron chi connectivity index (χ3n) is 4.79. The molecule has 1 aromatic heterocycles. The molecular formula is C19H30N2O3. The Kier molecular flexibility index (Phi) is 6.60. The van der Waals surface area contributed by atoms with Crippen LogP contribution in [0, 0.1) is 12.8 Å². The topological polar surface area (TPSA) is 60.5 Å². The van der Waals surface area contributed by atoms with Crippen molar-refractivity contribution in [2.75, 3.05) is 19.0 Å². The lowest BCUT2D eigenvalue weighted by Crippen LogP contribution is -2.47. The SMILES string of the molecule is CCCCOc1ncc(NC(=O)[C@@]2(OC)CCC[C@@H](C)C2)cc1C. The van der Waals surface area contributed by atoms with E-state index in [-0.39, 0.29) is 5.91 Å². The number of rotatable bonds is 7. The number of nitrogens with zero attached hydrogens (tertiary/aromatic N) is 1. The molecule has 1 N–H and O–H groups in total. The van der Waals surface area contributed by atoms with E-state index in [0.29, 0.717) is 24.1 Å². The van der Waals surface area contributed by atoms with Crippen LogP contribution in [0.2, 0.25) is 0 Å². The molecule has 1 aliphatic carbocycles. The Balaban J connectivity index is 2.04. The first-order valence-corrected chi connectivity index (χ1v) is 8.97. The fourth-order valence-corrected chi connectivity index (χ4v) is 3.33. The summed E-state index contributed by atoms with van der Waals surface area (Å²) in [5, 5.41) is 2.98. The van der Waals surface area contributed by atoms with E-state index < -0.39 is 5.60 Å². The van der Waals surface area contributed by atoms with Gasteiger partial charge in [0, 0.05) is 12.7 Å². The molecule has 5 heteroatoms. The van der Waals surface area contributed by atoms with Crippen LogP contribution >= 0.6 is 0 Å². The normalized spacial score (nSPS) is 23.8. The summed E-state index contributed by atoms with van der Waals surface area (Å²) in [6.45, 7) is 6.91. The molecule has 0 saturated heterocycles. The summed E-state index contributed by atoms with van der Waals surface area (Å²) in [4.78, 5) is 17.1. The van der Waals surface area contributed by atoms with Crippen LogP contribution < -0.4 is 10.1 Å². The maximum Gasteiger partial charge on any atom is 0.256 e. The van der Waals surface area contributed by atoms with Gasteiger partial charge in [0.05, 0.1) is 18.5 Å². The molecular weight excluding hydrogens is 304 g/mol. The van der Waals surface area contributed by atoms with Gasteiger partial charge in [0.2, 0.25) is 5.88 Å². The second-order valence-electron chi connectivity index (χ2n) is 6.90. The van der Waals surface area contributed by atoms with E-state index in [1.165, 1.54) is 0 Å². The molecule has 1 aliphatic rings. The van der Waals surface area contributed by atoms with E-state index >= 15 is 0 Å². The first-order chi connectivity index (χ1) is 11.5. The smallest absolute Gasteiger partial charge is 0.256 e. The number of hydrogen-bond donors (Lipinski definition) is 1. The second-order valence-corrected chi connectivity index (χ2v) is 6.90. The summed E-state index contributed by atoms with van der Waals surface area (Å²) in [6.07, 6.45) is 7.46. The molecule has 2 rings (SSSR count). The highest BCUT2D eigenvalue weighted by Gasteiger charge is 2.42. The van der Waals surface area contributed by atoms with Crippen molar-refractivity contribution in [3.63, 3.8) is 0 Å². The molecule has 1 saturated carbocycles. The van der Waals surface area contributed by atoms with E-state index in [1.54, 1.807) is 13.3 Å². The quantitative estimate of drug-likeness (QED) is 0.763. The molecule has 0 unspecified atom stereocenters. The summed E-state index contributed by atoms with van der Waals surface area (Å²) in [5.41, 5.74) is 0.893. The van der Waals surface area contributed by atoms with E-state index in [0.717, 1.165) is 44.1 Å². The molecule has 0 bridgehead atoms. The number of carbonyl (C=O) groups excluding carboxylic acids is 1. The van der Waals surface area contributed by atoms with Crippen molar-refractivity contribution in [3.05, 3.63) is 17.8 Å². The highest BCUT2D eigenvalue weighted by molar-refractivity contribution is 5.97. The van der Waals surface area contributed by atoms with Crippen molar-refractivity contribution in [2.45, 2.75) is 64.9 Å². The number of amides is 1. The summed E-state index contributed by atoms with van der Waals surface area (Å²) < 4.78 is 11.3. The highest BCUT2D eigenvalue weighted by Crippen LogP contribution is 2.35. The zero-order valence-electron chi connectivity index (χ0n) is 15.4. The molecule has 24 heavy (non-hydrogen) atoms. The number of carbonyl (C=O) groups is 1. The van der Waals surface area contributed by atoms with Gasteiger partial charge in [-0.15, -0.1) is 0 Å². The van der Waals surface area contributed by atoms with Gasteiger partial charge < -0.3 is 14.8 Å². The first kappa shape index (κ1) is 18.7. The number of unbranched alkanes of at least 4 members (excludes halogenated alkanes) is 1. The Labute approximate surface area is 145 Å². The number of ether oxygens (including phenoxy) is 2. The predicted molar refractivity (Wildman–Crippen MR) is 95.4 cm³/mol. The number of aromatic nitrogens is 1. The fourth-order valence-electron chi connectivity index (χ4n) is 3.33. The average molecular weight is 334 g/mol. The standard InChI is InChI=1S/C19H30N2O3/c1-5-6-10-24-17-15(3)11-16(13-20-17)21-18(22)19(23-4)9-7-8-14(2)12-19/h11,13-14H,5-10,12H2,1-4H3,(H,21,22)/t14-,19-/m1/s1. The van der Waals surface area contributed by atoms with Gasteiger partial charge in [-0.2, -0.15) is 0 Å². The number of nitrogens with one attached hydrogen (secondary N) is 1. The Morgan fingerprint density at radius 3 is 2.92 bits per heavy atom. The Hall–Kier alpha value is -1.62. The molecule has 1 amide bonds. The van der Waals surface area contributed by atoms with Gasteiger partial charge in [0.1, 0.15) is 5.60 Å².